The number of benzene rings is 1. The highest BCUT2D eigenvalue weighted by Crippen LogP contribution is 2.34. The van der Waals surface area contributed by atoms with Crippen LogP contribution in [-0.4, -0.2) is 16.0 Å². The fraction of sp³-hybridized carbons (Fsp3) is 0.316. The van der Waals surface area contributed by atoms with E-state index in [0.717, 1.165) is 31.4 Å². The molecule has 0 aliphatic heterocycles. The number of aromatic nitrogens is 2. The molecule has 1 aromatic carbocycles. The molecule has 0 unspecified atom stereocenters. The van der Waals surface area contributed by atoms with E-state index in [0.29, 0.717) is 10.9 Å². The van der Waals surface area contributed by atoms with Crippen molar-refractivity contribution in [2.24, 2.45) is 0 Å². The lowest BCUT2D eigenvalue weighted by Crippen LogP contribution is -2.13. The summed E-state index contributed by atoms with van der Waals surface area (Å²) >= 11 is 7.62. The normalized spacial score (nSPS) is 13.9. The number of fused-ring (bicyclic) bond motifs is 1. The zero-order valence-corrected chi connectivity index (χ0v) is 16.2. The number of carbonyl (C=O) groups excluding carboxylic acids is 1. The van der Waals surface area contributed by atoms with Gasteiger partial charge in [-0.25, -0.2) is 9.37 Å². The highest BCUT2D eigenvalue weighted by atomic mass is 35.5. The van der Waals surface area contributed by atoms with Gasteiger partial charge in [-0.1, -0.05) is 29.2 Å². The molecule has 0 saturated carbocycles. The van der Waals surface area contributed by atoms with Crippen molar-refractivity contribution in [3.05, 3.63) is 50.9 Å². The molecule has 0 spiro atoms. The summed E-state index contributed by atoms with van der Waals surface area (Å²) in [6.07, 6.45) is 5.39. The molecule has 27 heavy (non-hydrogen) atoms. The Morgan fingerprint density at radius 3 is 2.93 bits per heavy atom. The maximum Gasteiger partial charge on any atom is 0.263 e. The van der Waals surface area contributed by atoms with E-state index >= 15 is 0 Å². The van der Waals surface area contributed by atoms with E-state index in [-0.39, 0.29) is 21.8 Å². The molecule has 0 bridgehead atoms. The third kappa shape index (κ3) is 3.49. The lowest BCUT2D eigenvalue weighted by Gasteiger charge is -2.06. The van der Waals surface area contributed by atoms with Crippen LogP contribution in [0.2, 0.25) is 5.02 Å². The minimum Gasteiger partial charge on any atom is -0.360 e. The van der Waals surface area contributed by atoms with Gasteiger partial charge in [0.25, 0.3) is 5.91 Å². The van der Waals surface area contributed by atoms with E-state index in [1.807, 2.05) is 0 Å². The Balaban J connectivity index is 1.66. The number of hydrogen-bond donors (Lipinski definition) is 1. The third-order valence-electron chi connectivity index (χ3n) is 4.61. The van der Waals surface area contributed by atoms with E-state index in [1.54, 1.807) is 13.0 Å². The molecule has 0 atom stereocenters. The van der Waals surface area contributed by atoms with Crippen molar-refractivity contribution in [1.82, 2.24) is 10.1 Å². The summed E-state index contributed by atoms with van der Waals surface area (Å²) in [6.45, 7) is 1.61. The molecular formula is C19H17ClFN3O2S. The first-order chi connectivity index (χ1) is 13.0. The van der Waals surface area contributed by atoms with E-state index in [2.05, 4.69) is 15.5 Å². The van der Waals surface area contributed by atoms with Gasteiger partial charge < -0.3 is 4.52 Å². The molecule has 1 N–H and O–H groups in total. The Morgan fingerprint density at radius 1 is 1.30 bits per heavy atom. The first kappa shape index (κ1) is 18.1. The van der Waals surface area contributed by atoms with Crippen molar-refractivity contribution in [2.75, 3.05) is 5.32 Å². The van der Waals surface area contributed by atoms with Crippen molar-refractivity contribution in [2.45, 2.75) is 39.0 Å². The summed E-state index contributed by atoms with van der Waals surface area (Å²) in [5, 5.41) is 7.39. The lowest BCUT2D eigenvalue weighted by molar-refractivity contribution is 0.102. The van der Waals surface area contributed by atoms with Crippen LogP contribution in [0.3, 0.4) is 0 Å². The van der Waals surface area contributed by atoms with Gasteiger partial charge in [0.1, 0.15) is 22.8 Å². The number of rotatable bonds is 3. The maximum atomic E-state index is 14.3. The molecule has 140 valence electrons. The van der Waals surface area contributed by atoms with Crippen molar-refractivity contribution >= 4 is 34.0 Å². The summed E-state index contributed by atoms with van der Waals surface area (Å²) < 4.78 is 19.5. The standard InChI is InChI=1S/C19H17ClFN3O2S/c1-10-15(17(24-26-10)16-11(20)6-5-7-12(16)21)18(25)23-19-22-13-8-3-2-4-9-14(13)27-19/h5-7H,2-4,8-9H2,1H3,(H,22,23,25). The molecule has 8 heteroatoms. The van der Waals surface area contributed by atoms with Gasteiger partial charge >= 0.3 is 0 Å². The number of amides is 1. The Labute approximate surface area is 164 Å². The fourth-order valence-corrected chi connectivity index (χ4v) is 4.57. The number of halogens is 2. The zero-order chi connectivity index (χ0) is 19.0. The van der Waals surface area contributed by atoms with Gasteiger partial charge in [0.2, 0.25) is 0 Å². The second-order valence-electron chi connectivity index (χ2n) is 6.46. The number of nitrogens with one attached hydrogen (secondary N) is 1. The first-order valence-electron chi connectivity index (χ1n) is 8.75. The average Bonchev–Trinajstić information content (AvgIpc) is 3.11. The van der Waals surface area contributed by atoms with Gasteiger partial charge in [-0.05, 0) is 44.7 Å². The Hall–Kier alpha value is -2.25. The number of anilines is 1. The summed E-state index contributed by atoms with van der Waals surface area (Å²) in [5.74, 6) is -0.710. The fourth-order valence-electron chi connectivity index (χ4n) is 3.28. The molecule has 5 nitrogen and oxygen atoms in total. The molecule has 2 aromatic heterocycles. The van der Waals surface area contributed by atoms with Crippen molar-refractivity contribution in [3.8, 4) is 11.3 Å². The Bertz CT molecular complexity index is 971. The van der Waals surface area contributed by atoms with Crippen molar-refractivity contribution < 1.29 is 13.7 Å². The minimum absolute atomic E-state index is 0.0519. The molecule has 0 radical (unpaired) electrons. The number of thiazole rings is 1. The summed E-state index contributed by atoms with van der Waals surface area (Å²) in [7, 11) is 0. The highest BCUT2D eigenvalue weighted by Gasteiger charge is 2.26. The molecule has 4 rings (SSSR count). The molecule has 1 amide bonds. The van der Waals surface area contributed by atoms with E-state index in [1.165, 1.54) is 34.8 Å². The van der Waals surface area contributed by atoms with Crippen LogP contribution in [0.25, 0.3) is 11.3 Å². The number of nitrogens with zero attached hydrogens (tertiary/aromatic N) is 2. The quantitative estimate of drug-likeness (QED) is 0.590. The zero-order valence-electron chi connectivity index (χ0n) is 14.6. The number of hydrogen-bond acceptors (Lipinski definition) is 5. The van der Waals surface area contributed by atoms with Gasteiger partial charge in [0, 0.05) is 4.88 Å². The van der Waals surface area contributed by atoms with E-state index < -0.39 is 11.7 Å². The van der Waals surface area contributed by atoms with Crippen LogP contribution in [0, 0.1) is 12.7 Å². The third-order valence-corrected chi connectivity index (χ3v) is 5.99. The van der Waals surface area contributed by atoms with Gasteiger partial charge in [-0.3, -0.25) is 10.1 Å². The number of carbonyl (C=O) groups is 1. The van der Waals surface area contributed by atoms with E-state index in [4.69, 9.17) is 16.1 Å². The largest absolute Gasteiger partial charge is 0.360 e. The van der Waals surface area contributed by atoms with Gasteiger partial charge in [-0.2, -0.15) is 0 Å². The Kier molecular flexibility index (Phi) is 4.97. The molecule has 0 fully saturated rings. The molecule has 1 aliphatic carbocycles. The second kappa shape index (κ2) is 7.40. The van der Waals surface area contributed by atoms with Crippen LogP contribution >= 0.6 is 22.9 Å². The van der Waals surface area contributed by atoms with Crippen LogP contribution in [0.4, 0.5) is 9.52 Å². The van der Waals surface area contributed by atoms with Crippen LogP contribution in [0.15, 0.2) is 22.7 Å². The Morgan fingerprint density at radius 2 is 2.11 bits per heavy atom. The summed E-state index contributed by atoms with van der Waals surface area (Å²) in [6, 6.07) is 4.31. The van der Waals surface area contributed by atoms with E-state index in [9.17, 15) is 9.18 Å². The van der Waals surface area contributed by atoms with Crippen molar-refractivity contribution in [1.29, 1.82) is 0 Å². The van der Waals surface area contributed by atoms with Gasteiger partial charge in [0.05, 0.1) is 16.3 Å². The van der Waals surface area contributed by atoms with Crippen LogP contribution in [0.1, 0.15) is 46.0 Å². The summed E-state index contributed by atoms with van der Waals surface area (Å²) in [4.78, 5) is 18.7. The highest BCUT2D eigenvalue weighted by molar-refractivity contribution is 7.15. The number of aryl methyl sites for hydroxylation is 3. The van der Waals surface area contributed by atoms with Crippen molar-refractivity contribution in [3.63, 3.8) is 0 Å². The molecule has 3 aromatic rings. The monoisotopic (exact) mass is 405 g/mol. The lowest BCUT2D eigenvalue weighted by atomic mass is 10.1. The second-order valence-corrected chi connectivity index (χ2v) is 7.95. The van der Waals surface area contributed by atoms with Crippen LogP contribution in [-0.2, 0) is 12.8 Å². The minimum atomic E-state index is -0.564. The molecule has 0 saturated heterocycles. The SMILES string of the molecule is Cc1onc(-c2c(F)cccc2Cl)c1C(=O)Nc1nc2c(s1)CCCCC2. The summed E-state index contributed by atoms with van der Waals surface area (Å²) in [5.41, 5.74) is 1.36. The van der Waals surface area contributed by atoms with Crippen LogP contribution in [0.5, 0.6) is 0 Å². The molecular weight excluding hydrogens is 389 g/mol. The molecule has 1 aliphatic rings. The first-order valence-corrected chi connectivity index (χ1v) is 9.94. The predicted octanol–water partition coefficient (Wildman–Crippen LogP) is 5.42. The van der Waals surface area contributed by atoms with Gasteiger partial charge in [0.15, 0.2) is 5.13 Å². The topological polar surface area (TPSA) is 68.0 Å². The van der Waals surface area contributed by atoms with Gasteiger partial charge in [-0.15, -0.1) is 11.3 Å². The smallest absolute Gasteiger partial charge is 0.263 e. The average molecular weight is 406 g/mol. The van der Waals surface area contributed by atoms with Crippen LogP contribution < -0.4 is 5.32 Å². The predicted molar refractivity (Wildman–Crippen MR) is 103 cm³/mol. The molecule has 2 heterocycles. The maximum absolute atomic E-state index is 14.3.